The van der Waals surface area contributed by atoms with Gasteiger partial charge in [0.2, 0.25) is 0 Å². The highest BCUT2D eigenvalue weighted by Gasteiger charge is 2.17. The van der Waals surface area contributed by atoms with Crippen molar-refractivity contribution in [1.29, 1.82) is 0 Å². The van der Waals surface area contributed by atoms with E-state index in [2.05, 4.69) is 55.8 Å². The van der Waals surface area contributed by atoms with Gasteiger partial charge in [0.25, 0.3) is 0 Å². The molecule has 1 heterocycles. The van der Waals surface area contributed by atoms with Crippen LogP contribution in [0.5, 0.6) is 0 Å². The molecular formula is C16H16BO2. The number of hydrogen-bond acceptors (Lipinski definition) is 2. The topological polar surface area (TPSA) is 18.5 Å². The molecule has 0 aromatic heterocycles. The van der Waals surface area contributed by atoms with Gasteiger partial charge in [0.05, 0.1) is 13.2 Å². The second-order valence-electron chi connectivity index (χ2n) is 4.61. The van der Waals surface area contributed by atoms with E-state index in [0.29, 0.717) is 13.2 Å². The van der Waals surface area contributed by atoms with Gasteiger partial charge >= 0.3 is 0 Å². The van der Waals surface area contributed by atoms with Crippen molar-refractivity contribution in [3.8, 4) is 11.1 Å². The van der Waals surface area contributed by atoms with E-state index in [4.69, 9.17) is 9.47 Å². The van der Waals surface area contributed by atoms with Crippen LogP contribution in [0.25, 0.3) is 11.1 Å². The minimum Gasteiger partial charge on any atom is -0.346 e. The highest BCUT2D eigenvalue weighted by atomic mass is 16.7. The van der Waals surface area contributed by atoms with Gasteiger partial charge in [-0.1, -0.05) is 60.8 Å². The summed E-state index contributed by atoms with van der Waals surface area (Å²) in [7, 11) is 2.10. The molecule has 0 aliphatic carbocycles. The molecule has 0 N–H and O–H groups in total. The summed E-state index contributed by atoms with van der Waals surface area (Å²) < 4.78 is 11.0. The van der Waals surface area contributed by atoms with Gasteiger partial charge in [0, 0.05) is 5.56 Å². The van der Waals surface area contributed by atoms with Crippen molar-refractivity contribution in [2.45, 2.75) is 13.1 Å². The van der Waals surface area contributed by atoms with E-state index >= 15 is 0 Å². The van der Waals surface area contributed by atoms with Gasteiger partial charge in [-0.25, -0.2) is 0 Å². The van der Waals surface area contributed by atoms with Crippen molar-refractivity contribution >= 4 is 12.7 Å². The zero-order valence-corrected chi connectivity index (χ0v) is 11.0. The Balaban J connectivity index is 1.80. The van der Waals surface area contributed by atoms with Gasteiger partial charge in [-0.2, -0.15) is 0 Å². The average molecular weight is 251 g/mol. The van der Waals surface area contributed by atoms with Crippen LogP contribution in [0.2, 0.25) is 6.82 Å². The average Bonchev–Trinajstić information content (AvgIpc) is 3.02. The van der Waals surface area contributed by atoms with E-state index in [9.17, 15) is 0 Å². The SMILES string of the molecule is C[B]c1ccc(-c2ccc(C3OCCO3)cc2)cc1. The van der Waals surface area contributed by atoms with E-state index in [1.54, 1.807) is 0 Å². The van der Waals surface area contributed by atoms with E-state index in [1.807, 2.05) is 6.82 Å². The number of ether oxygens (including phenoxy) is 2. The molecule has 19 heavy (non-hydrogen) atoms. The molecule has 1 aliphatic rings. The van der Waals surface area contributed by atoms with Gasteiger partial charge in [0.1, 0.15) is 7.28 Å². The lowest BCUT2D eigenvalue weighted by molar-refractivity contribution is -0.0441. The monoisotopic (exact) mass is 251 g/mol. The van der Waals surface area contributed by atoms with Crippen LogP contribution in [-0.4, -0.2) is 20.5 Å². The molecule has 1 radical (unpaired) electrons. The maximum absolute atomic E-state index is 5.49. The second kappa shape index (κ2) is 5.60. The summed E-state index contributed by atoms with van der Waals surface area (Å²) in [6.45, 7) is 3.41. The third-order valence-electron chi connectivity index (χ3n) is 3.38. The Labute approximate surface area is 114 Å². The van der Waals surface area contributed by atoms with Crippen LogP contribution in [0.15, 0.2) is 48.5 Å². The van der Waals surface area contributed by atoms with Crippen molar-refractivity contribution in [2.75, 3.05) is 13.2 Å². The quantitative estimate of drug-likeness (QED) is 0.781. The maximum atomic E-state index is 5.49. The second-order valence-corrected chi connectivity index (χ2v) is 4.61. The predicted molar refractivity (Wildman–Crippen MR) is 77.8 cm³/mol. The van der Waals surface area contributed by atoms with Crippen LogP contribution < -0.4 is 5.46 Å². The van der Waals surface area contributed by atoms with Gasteiger partial charge in [0.15, 0.2) is 6.29 Å². The van der Waals surface area contributed by atoms with E-state index in [1.165, 1.54) is 16.6 Å². The maximum Gasteiger partial charge on any atom is 0.184 e. The van der Waals surface area contributed by atoms with Gasteiger partial charge in [-0.05, 0) is 11.1 Å². The zero-order chi connectivity index (χ0) is 13.1. The molecule has 1 fully saturated rings. The Morgan fingerprint density at radius 3 is 1.89 bits per heavy atom. The third-order valence-corrected chi connectivity index (χ3v) is 3.38. The Hall–Kier alpha value is -1.58. The highest BCUT2D eigenvalue weighted by Crippen LogP contribution is 2.26. The van der Waals surface area contributed by atoms with Gasteiger partial charge in [-0.3, -0.25) is 0 Å². The van der Waals surface area contributed by atoms with Crippen LogP contribution in [0, 0.1) is 0 Å². The van der Waals surface area contributed by atoms with Crippen molar-refractivity contribution in [3.05, 3.63) is 54.1 Å². The Morgan fingerprint density at radius 2 is 1.37 bits per heavy atom. The molecule has 2 nitrogen and oxygen atoms in total. The minimum absolute atomic E-state index is 0.189. The molecule has 0 bridgehead atoms. The molecule has 0 unspecified atom stereocenters. The van der Waals surface area contributed by atoms with Crippen LogP contribution in [0.1, 0.15) is 11.9 Å². The van der Waals surface area contributed by atoms with Gasteiger partial charge in [-0.15, -0.1) is 0 Å². The van der Waals surface area contributed by atoms with Crippen LogP contribution in [0.3, 0.4) is 0 Å². The van der Waals surface area contributed by atoms with E-state index < -0.39 is 0 Å². The molecule has 3 rings (SSSR count). The largest absolute Gasteiger partial charge is 0.346 e. The van der Waals surface area contributed by atoms with Crippen LogP contribution in [-0.2, 0) is 9.47 Å². The smallest absolute Gasteiger partial charge is 0.184 e. The molecule has 1 saturated heterocycles. The summed E-state index contributed by atoms with van der Waals surface area (Å²) in [5.74, 6) is 0. The molecular weight excluding hydrogens is 235 g/mol. The summed E-state index contributed by atoms with van der Waals surface area (Å²) >= 11 is 0. The molecule has 1 aliphatic heterocycles. The fourth-order valence-corrected chi connectivity index (χ4v) is 2.25. The first-order valence-corrected chi connectivity index (χ1v) is 6.60. The molecule has 0 saturated carbocycles. The molecule has 0 amide bonds. The molecule has 3 heteroatoms. The molecule has 95 valence electrons. The minimum atomic E-state index is -0.189. The molecule has 2 aromatic carbocycles. The van der Waals surface area contributed by atoms with Crippen molar-refractivity contribution in [3.63, 3.8) is 0 Å². The Morgan fingerprint density at radius 1 is 0.842 bits per heavy atom. The van der Waals surface area contributed by atoms with E-state index in [0.717, 1.165) is 5.56 Å². The summed E-state index contributed by atoms with van der Waals surface area (Å²) in [5.41, 5.74) is 4.77. The fourth-order valence-electron chi connectivity index (χ4n) is 2.25. The van der Waals surface area contributed by atoms with Crippen LogP contribution >= 0.6 is 0 Å². The predicted octanol–water partition coefficient (Wildman–Crippen LogP) is 2.78. The zero-order valence-electron chi connectivity index (χ0n) is 11.0. The van der Waals surface area contributed by atoms with E-state index in [-0.39, 0.29) is 6.29 Å². The first kappa shape index (κ1) is 12.5. The van der Waals surface area contributed by atoms with Crippen LogP contribution in [0.4, 0.5) is 0 Å². The third kappa shape index (κ3) is 2.72. The number of hydrogen-bond donors (Lipinski definition) is 0. The summed E-state index contributed by atoms with van der Waals surface area (Å²) in [5, 5.41) is 0. The lowest BCUT2D eigenvalue weighted by Crippen LogP contribution is -2.08. The van der Waals surface area contributed by atoms with Crippen molar-refractivity contribution in [2.24, 2.45) is 0 Å². The lowest BCUT2D eigenvalue weighted by Gasteiger charge is -2.10. The lowest BCUT2D eigenvalue weighted by atomic mass is 9.73. The van der Waals surface area contributed by atoms with Gasteiger partial charge < -0.3 is 9.47 Å². The Bertz CT molecular complexity index is 528. The molecule has 0 atom stereocenters. The molecule has 0 spiro atoms. The summed E-state index contributed by atoms with van der Waals surface area (Å²) in [4.78, 5) is 0. The van der Waals surface area contributed by atoms with Crippen molar-refractivity contribution in [1.82, 2.24) is 0 Å². The first-order chi connectivity index (χ1) is 9.36. The molecule has 2 aromatic rings. The fraction of sp³-hybridized carbons (Fsp3) is 0.250. The Kier molecular flexibility index (Phi) is 3.67. The highest BCUT2D eigenvalue weighted by molar-refractivity contribution is 6.51. The number of rotatable bonds is 3. The number of benzene rings is 2. The van der Waals surface area contributed by atoms with Crippen molar-refractivity contribution < 1.29 is 9.47 Å². The first-order valence-electron chi connectivity index (χ1n) is 6.60. The summed E-state index contributed by atoms with van der Waals surface area (Å²) in [6.07, 6.45) is -0.189. The standard InChI is InChI=1S/C16H16BO2/c1-17-15-8-6-13(7-9-15)12-2-4-14(5-3-12)16-18-10-11-19-16/h2-9,16H,10-11H2,1H3. The summed E-state index contributed by atoms with van der Waals surface area (Å²) in [6, 6.07) is 16.9. The normalized spacial score (nSPS) is 15.6.